The summed E-state index contributed by atoms with van der Waals surface area (Å²) in [4.78, 5) is 4.24. The first-order valence-corrected chi connectivity index (χ1v) is 6.27. The molecule has 0 fully saturated rings. The number of hydrogen-bond acceptors (Lipinski definition) is 3. The van der Waals surface area contributed by atoms with Crippen molar-refractivity contribution in [2.75, 3.05) is 11.9 Å². The first kappa shape index (κ1) is 13.3. The zero-order valence-corrected chi connectivity index (χ0v) is 11.1. The predicted octanol–water partition coefficient (Wildman–Crippen LogP) is 3.54. The SMILES string of the molecule is CCNc1ncccc1COc1cc(C)ccc1F. The van der Waals surface area contributed by atoms with E-state index in [-0.39, 0.29) is 18.2 Å². The summed E-state index contributed by atoms with van der Waals surface area (Å²) in [7, 11) is 0. The Kier molecular flexibility index (Phi) is 4.34. The minimum Gasteiger partial charge on any atom is -0.486 e. The zero-order chi connectivity index (χ0) is 13.7. The van der Waals surface area contributed by atoms with Gasteiger partial charge in [0.15, 0.2) is 11.6 Å². The molecular formula is C15H17FN2O. The third-order valence-electron chi connectivity index (χ3n) is 2.71. The lowest BCUT2D eigenvalue weighted by molar-refractivity contribution is 0.290. The highest BCUT2D eigenvalue weighted by Crippen LogP contribution is 2.21. The van der Waals surface area contributed by atoms with E-state index in [9.17, 15) is 4.39 Å². The quantitative estimate of drug-likeness (QED) is 0.892. The molecule has 1 aromatic heterocycles. The summed E-state index contributed by atoms with van der Waals surface area (Å²) in [6, 6.07) is 8.58. The molecule has 0 saturated carbocycles. The normalized spacial score (nSPS) is 10.3. The van der Waals surface area contributed by atoms with Crippen LogP contribution in [-0.4, -0.2) is 11.5 Å². The third-order valence-corrected chi connectivity index (χ3v) is 2.71. The first-order chi connectivity index (χ1) is 9.20. The summed E-state index contributed by atoms with van der Waals surface area (Å²) in [6.45, 7) is 4.97. The number of aromatic nitrogens is 1. The number of halogens is 1. The Morgan fingerprint density at radius 1 is 1.32 bits per heavy atom. The van der Waals surface area contributed by atoms with E-state index in [1.54, 1.807) is 18.3 Å². The van der Waals surface area contributed by atoms with Crippen molar-refractivity contribution in [1.29, 1.82) is 0 Å². The van der Waals surface area contributed by atoms with Crippen LogP contribution in [0.2, 0.25) is 0 Å². The number of benzene rings is 1. The molecule has 1 aromatic carbocycles. The lowest BCUT2D eigenvalue weighted by atomic mass is 10.2. The van der Waals surface area contributed by atoms with Gasteiger partial charge in [-0.25, -0.2) is 9.37 Å². The Bertz CT molecular complexity index is 558. The van der Waals surface area contributed by atoms with Crippen LogP contribution in [-0.2, 0) is 6.61 Å². The molecule has 0 atom stereocenters. The van der Waals surface area contributed by atoms with Gasteiger partial charge in [-0.15, -0.1) is 0 Å². The summed E-state index contributed by atoms with van der Waals surface area (Å²) < 4.78 is 19.1. The number of pyridine rings is 1. The molecule has 0 radical (unpaired) electrons. The van der Waals surface area contributed by atoms with Crippen molar-refractivity contribution in [1.82, 2.24) is 4.98 Å². The number of anilines is 1. The molecule has 19 heavy (non-hydrogen) atoms. The molecule has 0 spiro atoms. The van der Waals surface area contributed by atoms with Crippen molar-refractivity contribution in [3.8, 4) is 5.75 Å². The van der Waals surface area contributed by atoms with Gasteiger partial charge in [0, 0.05) is 18.3 Å². The van der Waals surface area contributed by atoms with Crippen LogP contribution in [0.3, 0.4) is 0 Å². The highest BCUT2D eigenvalue weighted by Gasteiger charge is 2.06. The van der Waals surface area contributed by atoms with Gasteiger partial charge in [0.05, 0.1) is 0 Å². The summed E-state index contributed by atoms with van der Waals surface area (Å²) >= 11 is 0. The van der Waals surface area contributed by atoms with E-state index in [2.05, 4.69) is 10.3 Å². The molecule has 0 unspecified atom stereocenters. The average Bonchev–Trinajstić information content (AvgIpc) is 2.42. The highest BCUT2D eigenvalue weighted by molar-refractivity contribution is 5.43. The number of nitrogens with zero attached hydrogens (tertiary/aromatic N) is 1. The first-order valence-electron chi connectivity index (χ1n) is 6.27. The van der Waals surface area contributed by atoms with Gasteiger partial charge >= 0.3 is 0 Å². The summed E-state index contributed by atoms with van der Waals surface area (Å²) in [6.07, 6.45) is 1.72. The molecule has 0 aliphatic rings. The minimum atomic E-state index is -0.348. The van der Waals surface area contributed by atoms with Gasteiger partial charge in [0.1, 0.15) is 12.4 Å². The number of rotatable bonds is 5. The zero-order valence-electron chi connectivity index (χ0n) is 11.1. The number of hydrogen-bond donors (Lipinski definition) is 1. The maximum atomic E-state index is 13.6. The van der Waals surface area contributed by atoms with Crippen molar-refractivity contribution >= 4 is 5.82 Å². The van der Waals surface area contributed by atoms with Crippen LogP contribution in [0.4, 0.5) is 10.2 Å². The standard InChI is InChI=1S/C15H17FN2O/c1-3-17-15-12(5-4-8-18-15)10-19-14-9-11(2)6-7-13(14)16/h4-9H,3,10H2,1-2H3,(H,17,18). The molecule has 3 nitrogen and oxygen atoms in total. The maximum absolute atomic E-state index is 13.6. The summed E-state index contributed by atoms with van der Waals surface area (Å²) in [5, 5.41) is 3.15. The molecule has 0 aliphatic carbocycles. The lowest BCUT2D eigenvalue weighted by Gasteiger charge is -2.11. The monoisotopic (exact) mass is 260 g/mol. The molecule has 0 bridgehead atoms. The Balaban J connectivity index is 2.12. The largest absolute Gasteiger partial charge is 0.486 e. The van der Waals surface area contributed by atoms with Crippen molar-refractivity contribution < 1.29 is 9.13 Å². The van der Waals surface area contributed by atoms with E-state index < -0.39 is 0 Å². The summed E-state index contributed by atoms with van der Waals surface area (Å²) in [5.41, 5.74) is 1.87. The van der Waals surface area contributed by atoms with Crippen LogP contribution < -0.4 is 10.1 Å². The van der Waals surface area contributed by atoms with Crippen molar-refractivity contribution in [2.45, 2.75) is 20.5 Å². The highest BCUT2D eigenvalue weighted by atomic mass is 19.1. The predicted molar refractivity (Wildman–Crippen MR) is 73.9 cm³/mol. The second kappa shape index (κ2) is 6.18. The molecule has 4 heteroatoms. The van der Waals surface area contributed by atoms with Gasteiger partial charge in [-0.2, -0.15) is 0 Å². The molecule has 2 aromatic rings. The number of ether oxygens (including phenoxy) is 1. The Labute approximate surface area is 112 Å². The van der Waals surface area contributed by atoms with Gasteiger partial charge in [0.2, 0.25) is 0 Å². The van der Waals surface area contributed by atoms with Gasteiger partial charge in [0.25, 0.3) is 0 Å². The van der Waals surface area contributed by atoms with E-state index in [4.69, 9.17) is 4.74 Å². The van der Waals surface area contributed by atoms with E-state index in [0.717, 1.165) is 23.5 Å². The van der Waals surface area contributed by atoms with Gasteiger partial charge in [-0.05, 0) is 37.6 Å². The van der Waals surface area contributed by atoms with Crippen LogP contribution in [0.15, 0.2) is 36.5 Å². The Hall–Kier alpha value is -2.10. The average molecular weight is 260 g/mol. The fourth-order valence-electron chi connectivity index (χ4n) is 1.76. The van der Waals surface area contributed by atoms with Crippen molar-refractivity contribution in [3.63, 3.8) is 0 Å². The van der Waals surface area contributed by atoms with Crippen LogP contribution in [0.5, 0.6) is 5.75 Å². The lowest BCUT2D eigenvalue weighted by Crippen LogP contribution is -2.06. The molecular weight excluding hydrogens is 243 g/mol. The summed E-state index contributed by atoms with van der Waals surface area (Å²) in [5.74, 6) is 0.698. The molecule has 1 heterocycles. The topological polar surface area (TPSA) is 34.2 Å². The van der Waals surface area contributed by atoms with E-state index in [1.165, 1.54) is 6.07 Å². The maximum Gasteiger partial charge on any atom is 0.165 e. The van der Waals surface area contributed by atoms with Gasteiger partial charge < -0.3 is 10.1 Å². The van der Waals surface area contributed by atoms with Gasteiger partial charge in [-0.1, -0.05) is 12.1 Å². The minimum absolute atomic E-state index is 0.270. The molecule has 1 N–H and O–H groups in total. The molecule has 0 aliphatic heterocycles. The van der Waals surface area contributed by atoms with Crippen LogP contribution in [0.25, 0.3) is 0 Å². The van der Waals surface area contributed by atoms with E-state index in [0.29, 0.717) is 0 Å². The smallest absolute Gasteiger partial charge is 0.165 e. The van der Waals surface area contributed by atoms with E-state index >= 15 is 0 Å². The number of aryl methyl sites for hydroxylation is 1. The Morgan fingerprint density at radius 2 is 2.16 bits per heavy atom. The van der Waals surface area contributed by atoms with E-state index in [1.807, 2.05) is 26.0 Å². The van der Waals surface area contributed by atoms with Crippen molar-refractivity contribution in [2.24, 2.45) is 0 Å². The van der Waals surface area contributed by atoms with Crippen molar-refractivity contribution in [3.05, 3.63) is 53.5 Å². The van der Waals surface area contributed by atoms with Crippen LogP contribution in [0.1, 0.15) is 18.1 Å². The van der Waals surface area contributed by atoms with Crippen LogP contribution >= 0.6 is 0 Å². The number of nitrogens with one attached hydrogen (secondary N) is 1. The van der Waals surface area contributed by atoms with Crippen LogP contribution in [0, 0.1) is 12.7 Å². The molecule has 0 saturated heterocycles. The Morgan fingerprint density at radius 3 is 2.95 bits per heavy atom. The fourth-order valence-corrected chi connectivity index (χ4v) is 1.76. The van der Waals surface area contributed by atoms with Gasteiger partial charge in [-0.3, -0.25) is 0 Å². The molecule has 0 amide bonds. The second-order valence-corrected chi connectivity index (χ2v) is 4.26. The third kappa shape index (κ3) is 3.44. The fraction of sp³-hybridized carbons (Fsp3) is 0.267. The second-order valence-electron chi connectivity index (χ2n) is 4.26. The molecule has 2 rings (SSSR count). The molecule has 100 valence electrons.